The molecule has 20 heavy (non-hydrogen) atoms. The molecule has 3 heterocycles. The molecule has 1 atom stereocenters. The number of ether oxygens (including phenoxy) is 1. The first-order valence-corrected chi connectivity index (χ1v) is 8.54. The molecule has 0 aliphatic carbocycles. The van der Waals surface area contributed by atoms with Gasteiger partial charge in [-0.05, 0) is 29.9 Å². The molecule has 4 nitrogen and oxygen atoms in total. The van der Waals surface area contributed by atoms with Gasteiger partial charge >= 0.3 is 0 Å². The minimum Gasteiger partial charge on any atom is -0.481 e. The van der Waals surface area contributed by atoms with Crippen molar-refractivity contribution < 1.29 is 4.74 Å². The first-order chi connectivity index (χ1) is 9.81. The highest BCUT2D eigenvalue weighted by atomic mass is 35.5. The number of rotatable bonds is 5. The van der Waals surface area contributed by atoms with E-state index in [1.807, 2.05) is 23.9 Å². The van der Waals surface area contributed by atoms with Gasteiger partial charge in [-0.1, -0.05) is 0 Å². The number of nitrogens with zero attached hydrogens (tertiary/aromatic N) is 3. The summed E-state index contributed by atoms with van der Waals surface area (Å²) < 4.78 is 7.47. The summed E-state index contributed by atoms with van der Waals surface area (Å²) in [6.45, 7) is 0.982. The zero-order valence-corrected chi connectivity index (χ0v) is 13.1. The minimum atomic E-state index is 0.583. The van der Waals surface area contributed by atoms with Crippen LogP contribution in [0.1, 0.15) is 12.2 Å². The molecule has 2 aromatic heterocycles. The first kappa shape index (κ1) is 14.0. The number of fused-ring (bicyclic) bond motifs is 1. The van der Waals surface area contributed by atoms with E-state index in [1.54, 1.807) is 7.11 Å². The van der Waals surface area contributed by atoms with E-state index < -0.39 is 0 Å². The highest BCUT2D eigenvalue weighted by molar-refractivity contribution is 7.99. The third-order valence-electron chi connectivity index (χ3n) is 3.64. The molecule has 0 aromatic carbocycles. The number of hydrogen-bond acceptors (Lipinski definition) is 4. The van der Waals surface area contributed by atoms with E-state index in [0.717, 1.165) is 30.0 Å². The lowest BCUT2D eigenvalue weighted by Crippen LogP contribution is -2.13. The van der Waals surface area contributed by atoms with Gasteiger partial charge in [-0.3, -0.25) is 0 Å². The number of hydrogen-bond donors (Lipinski definition) is 0. The highest BCUT2D eigenvalue weighted by Gasteiger charge is 2.20. The lowest BCUT2D eigenvalue weighted by Gasteiger charge is -2.13. The molecule has 1 aliphatic heterocycles. The Morgan fingerprint density at radius 3 is 3.05 bits per heavy atom. The van der Waals surface area contributed by atoms with Crippen LogP contribution in [0.25, 0.3) is 11.2 Å². The number of alkyl halides is 1. The van der Waals surface area contributed by atoms with E-state index in [1.165, 1.54) is 17.9 Å². The maximum absolute atomic E-state index is 5.91. The van der Waals surface area contributed by atoms with E-state index in [9.17, 15) is 0 Å². The van der Waals surface area contributed by atoms with Crippen molar-refractivity contribution >= 4 is 34.5 Å². The fourth-order valence-corrected chi connectivity index (χ4v) is 4.04. The van der Waals surface area contributed by atoms with Crippen LogP contribution in [0, 0.1) is 5.92 Å². The van der Waals surface area contributed by atoms with Crippen molar-refractivity contribution in [1.29, 1.82) is 0 Å². The van der Waals surface area contributed by atoms with Crippen molar-refractivity contribution in [2.45, 2.75) is 19.4 Å². The summed E-state index contributed by atoms with van der Waals surface area (Å²) in [5.74, 6) is 5.45. The molecular weight excluding hydrogens is 294 g/mol. The van der Waals surface area contributed by atoms with E-state index in [-0.39, 0.29) is 0 Å². The molecule has 0 bridgehead atoms. The molecule has 1 fully saturated rings. The highest BCUT2D eigenvalue weighted by Crippen LogP contribution is 2.27. The van der Waals surface area contributed by atoms with Crippen molar-refractivity contribution in [1.82, 2.24) is 14.5 Å². The summed E-state index contributed by atoms with van der Waals surface area (Å²) in [5, 5.41) is 0. The third-order valence-corrected chi connectivity index (χ3v) is 5.06. The van der Waals surface area contributed by atoms with Gasteiger partial charge in [0.05, 0.1) is 7.11 Å². The SMILES string of the molecule is COc1ccc2nc(CCCl)n(CC3CCSC3)c2n1. The number of methoxy groups -OCH3 is 1. The Labute approximate surface area is 127 Å². The van der Waals surface area contributed by atoms with Crippen LogP contribution in [-0.4, -0.2) is 39.0 Å². The standard InChI is InChI=1S/C14H18ClN3OS/c1-19-13-3-2-11-14(17-13)18(12(16-11)4-6-15)8-10-5-7-20-9-10/h2-3,10H,4-9H2,1H3. The lowest BCUT2D eigenvalue weighted by molar-refractivity contribution is 0.398. The Balaban J connectivity index is 2.01. The molecule has 1 saturated heterocycles. The van der Waals surface area contributed by atoms with Crippen LogP contribution in [0.4, 0.5) is 0 Å². The van der Waals surface area contributed by atoms with Crippen LogP contribution in [0.2, 0.25) is 0 Å². The summed E-state index contributed by atoms with van der Waals surface area (Å²) in [6, 6.07) is 3.83. The molecule has 108 valence electrons. The zero-order valence-electron chi connectivity index (χ0n) is 11.5. The molecule has 2 aromatic rings. The smallest absolute Gasteiger partial charge is 0.215 e. The molecule has 6 heteroatoms. The van der Waals surface area contributed by atoms with Gasteiger partial charge in [0.25, 0.3) is 0 Å². The fraction of sp³-hybridized carbons (Fsp3) is 0.571. The van der Waals surface area contributed by atoms with Gasteiger partial charge in [0, 0.05) is 24.9 Å². The Morgan fingerprint density at radius 2 is 2.35 bits per heavy atom. The van der Waals surface area contributed by atoms with Gasteiger partial charge < -0.3 is 9.30 Å². The van der Waals surface area contributed by atoms with E-state index in [4.69, 9.17) is 16.3 Å². The van der Waals surface area contributed by atoms with E-state index in [2.05, 4.69) is 14.5 Å². The van der Waals surface area contributed by atoms with Gasteiger partial charge in [0.15, 0.2) is 5.65 Å². The quantitative estimate of drug-likeness (QED) is 0.796. The average Bonchev–Trinajstić information content (AvgIpc) is 3.08. The van der Waals surface area contributed by atoms with Crippen LogP contribution in [0.5, 0.6) is 5.88 Å². The number of pyridine rings is 1. The molecule has 0 N–H and O–H groups in total. The molecule has 1 unspecified atom stereocenters. The Bertz CT molecular complexity index is 595. The van der Waals surface area contributed by atoms with Gasteiger partial charge in [0.1, 0.15) is 11.3 Å². The molecule has 0 saturated carbocycles. The predicted molar refractivity (Wildman–Crippen MR) is 83.9 cm³/mol. The van der Waals surface area contributed by atoms with Crippen LogP contribution in [0.15, 0.2) is 12.1 Å². The maximum Gasteiger partial charge on any atom is 0.215 e. The second-order valence-corrected chi connectivity index (χ2v) is 6.53. The summed E-state index contributed by atoms with van der Waals surface area (Å²) in [4.78, 5) is 9.24. The number of thioether (sulfide) groups is 1. The fourth-order valence-electron chi connectivity index (χ4n) is 2.60. The second-order valence-electron chi connectivity index (χ2n) is 5.00. The second kappa shape index (κ2) is 6.22. The average molecular weight is 312 g/mol. The molecule has 0 amide bonds. The van der Waals surface area contributed by atoms with Gasteiger partial charge in [-0.2, -0.15) is 16.7 Å². The van der Waals surface area contributed by atoms with Crippen LogP contribution in [-0.2, 0) is 13.0 Å². The minimum absolute atomic E-state index is 0.583. The van der Waals surface area contributed by atoms with Crippen LogP contribution in [0.3, 0.4) is 0 Å². The molecular formula is C14H18ClN3OS. The Morgan fingerprint density at radius 1 is 1.45 bits per heavy atom. The van der Waals surface area contributed by atoms with E-state index >= 15 is 0 Å². The molecule has 0 radical (unpaired) electrons. The third kappa shape index (κ3) is 2.74. The van der Waals surface area contributed by atoms with Crippen LogP contribution < -0.4 is 4.74 Å². The topological polar surface area (TPSA) is 39.9 Å². The number of aromatic nitrogens is 3. The number of imidazole rings is 1. The monoisotopic (exact) mass is 311 g/mol. The van der Waals surface area contributed by atoms with Crippen molar-refractivity contribution in [2.75, 3.05) is 24.5 Å². The normalized spacial score (nSPS) is 18.8. The Kier molecular flexibility index (Phi) is 4.36. The summed E-state index contributed by atoms with van der Waals surface area (Å²) in [5.41, 5.74) is 1.85. The Hall–Kier alpha value is -0.940. The van der Waals surface area contributed by atoms with Gasteiger partial charge in [0.2, 0.25) is 5.88 Å². The molecule has 3 rings (SSSR count). The first-order valence-electron chi connectivity index (χ1n) is 6.85. The summed E-state index contributed by atoms with van der Waals surface area (Å²) in [6.07, 6.45) is 2.05. The summed E-state index contributed by atoms with van der Waals surface area (Å²) >= 11 is 7.94. The van der Waals surface area contributed by atoms with Crippen molar-refractivity contribution in [2.24, 2.45) is 5.92 Å². The van der Waals surface area contributed by atoms with Crippen LogP contribution >= 0.6 is 23.4 Å². The summed E-state index contributed by atoms with van der Waals surface area (Å²) in [7, 11) is 1.64. The van der Waals surface area contributed by atoms with Crippen molar-refractivity contribution in [3.63, 3.8) is 0 Å². The number of halogens is 1. The lowest BCUT2D eigenvalue weighted by atomic mass is 10.1. The maximum atomic E-state index is 5.91. The molecule has 0 spiro atoms. The van der Waals surface area contributed by atoms with Gasteiger partial charge in [-0.25, -0.2) is 4.98 Å². The predicted octanol–water partition coefficient (Wildman–Crippen LogP) is 2.97. The largest absolute Gasteiger partial charge is 0.481 e. The van der Waals surface area contributed by atoms with Gasteiger partial charge in [-0.15, -0.1) is 11.6 Å². The molecule has 1 aliphatic rings. The zero-order chi connectivity index (χ0) is 13.9. The van der Waals surface area contributed by atoms with Crippen molar-refractivity contribution in [3.05, 3.63) is 18.0 Å². The number of aryl methyl sites for hydroxylation is 1. The van der Waals surface area contributed by atoms with Crippen molar-refractivity contribution in [3.8, 4) is 5.88 Å². The van der Waals surface area contributed by atoms with E-state index in [0.29, 0.717) is 17.7 Å².